The van der Waals surface area contributed by atoms with E-state index in [4.69, 9.17) is 4.74 Å². The zero-order chi connectivity index (χ0) is 8.48. The Bertz CT molecular complexity index is 145. The lowest BCUT2D eigenvalue weighted by Gasteiger charge is -2.46. The van der Waals surface area contributed by atoms with Crippen LogP contribution in [0.2, 0.25) is 0 Å². The second-order valence-electron chi connectivity index (χ2n) is 3.93. The molecule has 0 amide bonds. The first kappa shape index (κ1) is 8.53. The summed E-state index contributed by atoms with van der Waals surface area (Å²) in [7, 11) is 0. The van der Waals surface area contributed by atoms with Crippen LogP contribution in [0.5, 0.6) is 0 Å². The van der Waals surface area contributed by atoms with Gasteiger partial charge in [0, 0.05) is 18.6 Å². The highest BCUT2D eigenvalue weighted by Crippen LogP contribution is 2.21. The minimum absolute atomic E-state index is 0.131. The highest BCUT2D eigenvalue weighted by Gasteiger charge is 2.35. The fourth-order valence-corrected chi connectivity index (χ4v) is 1.15. The van der Waals surface area contributed by atoms with Crippen molar-refractivity contribution in [1.29, 1.82) is 0 Å². The topological polar surface area (TPSA) is 29.5 Å². The Balaban J connectivity index is 2.24. The Morgan fingerprint density at radius 1 is 1.45 bits per heavy atom. The van der Waals surface area contributed by atoms with Crippen molar-refractivity contribution in [3.63, 3.8) is 0 Å². The first-order valence-corrected chi connectivity index (χ1v) is 3.88. The molecule has 0 aromatic heterocycles. The molecule has 0 saturated carbocycles. The molecule has 0 radical (unpaired) electrons. The van der Waals surface area contributed by atoms with Crippen LogP contribution >= 0.6 is 0 Å². The molecular formula is C8H15NO2. The maximum absolute atomic E-state index is 9.92. The number of carbonyl (C=O) groups is 1. The predicted octanol–water partition coefficient (Wildman–Crippen LogP) is 0.642. The average Bonchev–Trinajstić information content (AvgIpc) is 1.74. The number of rotatable bonds is 2. The van der Waals surface area contributed by atoms with E-state index in [1.807, 2.05) is 0 Å². The quantitative estimate of drug-likeness (QED) is 0.551. The van der Waals surface area contributed by atoms with Crippen LogP contribution in [-0.4, -0.2) is 36.1 Å². The van der Waals surface area contributed by atoms with Gasteiger partial charge in [-0.2, -0.15) is 0 Å². The van der Waals surface area contributed by atoms with Gasteiger partial charge >= 0.3 is 0 Å². The maximum atomic E-state index is 9.92. The number of ether oxygens (including phenoxy) is 1. The van der Waals surface area contributed by atoms with Crippen LogP contribution < -0.4 is 0 Å². The second kappa shape index (κ2) is 2.81. The summed E-state index contributed by atoms with van der Waals surface area (Å²) in [6.07, 6.45) is 0.131. The maximum Gasteiger partial charge on any atom is 0.293 e. The number of carbonyl (C=O) groups excluding carboxylic acids is 1. The van der Waals surface area contributed by atoms with Gasteiger partial charge in [-0.05, 0) is 20.8 Å². The summed E-state index contributed by atoms with van der Waals surface area (Å²) < 4.78 is 4.78. The Morgan fingerprint density at radius 3 is 2.36 bits per heavy atom. The van der Waals surface area contributed by atoms with Crippen molar-refractivity contribution in [2.45, 2.75) is 32.4 Å². The largest absolute Gasteiger partial charge is 0.462 e. The summed E-state index contributed by atoms with van der Waals surface area (Å²) in [6, 6.07) is 0. The van der Waals surface area contributed by atoms with Gasteiger partial charge in [-0.25, -0.2) is 0 Å². The summed E-state index contributed by atoms with van der Waals surface area (Å²) in [5.41, 5.74) is 0.211. The summed E-state index contributed by atoms with van der Waals surface area (Å²) in [5, 5.41) is 0. The molecule has 0 spiro atoms. The fraction of sp³-hybridized carbons (Fsp3) is 0.875. The van der Waals surface area contributed by atoms with E-state index in [9.17, 15) is 4.79 Å². The molecule has 1 saturated heterocycles. The zero-order valence-corrected chi connectivity index (χ0v) is 7.33. The SMILES string of the molecule is CC(C)(C)N1CC(OC=O)C1. The lowest BCUT2D eigenvalue weighted by Crippen LogP contribution is -2.59. The summed E-state index contributed by atoms with van der Waals surface area (Å²) >= 11 is 0. The van der Waals surface area contributed by atoms with Gasteiger partial charge in [-0.15, -0.1) is 0 Å². The van der Waals surface area contributed by atoms with Crippen LogP contribution in [-0.2, 0) is 9.53 Å². The van der Waals surface area contributed by atoms with Gasteiger partial charge in [-0.3, -0.25) is 9.69 Å². The average molecular weight is 157 g/mol. The first-order valence-electron chi connectivity index (χ1n) is 3.88. The minimum atomic E-state index is 0.131. The van der Waals surface area contributed by atoms with Gasteiger partial charge < -0.3 is 4.74 Å². The minimum Gasteiger partial charge on any atom is -0.462 e. The van der Waals surface area contributed by atoms with E-state index in [2.05, 4.69) is 25.7 Å². The predicted molar refractivity (Wildman–Crippen MR) is 42.3 cm³/mol. The van der Waals surface area contributed by atoms with E-state index in [0.29, 0.717) is 6.47 Å². The Morgan fingerprint density at radius 2 is 2.00 bits per heavy atom. The van der Waals surface area contributed by atoms with Gasteiger partial charge in [0.25, 0.3) is 6.47 Å². The highest BCUT2D eigenvalue weighted by atomic mass is 16.5. The molecule has 0 N–H and O–H groups in total. The van der Waals surface area contributed by atoms with E-state index in [-0.39, 0.29) is 11.6 Å². The first-order chi connectivity index (χ1) is 5.04. The van der Waals surface area contributed by atoms with Gasteiger partial charge in [-0.1, -0.05) is 0 Å². The van der Waals surface area contributed by atoms with Crippen LogP contribution in [0, 0.1) is 0 Å². The van der Waals surface area contributed by atoms with Crippen molar-refractivity contribution >= 4 is 6.47 Å². The third kappa shape index (κ3) is 1.93. The molecule has 1 fully saturated rings. The second-order valence-corrected chi connectivity index (χ2v) is 3.93. The van der Waals surface area contributed by atoms with Gasteiger partial charge in [0.15, 0.2) is 0 Å². The molecule has 1 heterocycles. The molecule has 0 bridgehead atoms. The Labute approximate surface area is 67.3 Å². The third-order valence-electron chi connectivity index (χ3n) is 2.04. The van der Waals surface area contributed by atoms with Crippen molar-refractivity contribution < 1.29 is 9.53 Å². The zero-order valence-electron chi connectivity index (χ0n) is 7.33. The van der Waals surface area contributed by atoms with Crippen LogP contribution in [0.1, 0.15) is 20.8 Å². The standard InChI is InChI=1S/C8H15NO2/c1-8(2,3)9-4-7(5-9)11-6-10/h6-7H,4-5H2,1-3H3. The number of hydrogen-bond donors (Lipinski definition) is 0. The molecule has 0 atom stereocenters. The van der Waals surface area contributed by atoms with Crippen molar-refractivity contribution in [1.82, 2.24) is 4.90 Å². The molecule has 1 aliphatic heterocycles. The molecule has 1 aliphatic rings. The van der Waals surface area contributed by atoms with Gasteiger partial charge in [0.2, 0.25) is 0 Å². The van der Waals surface area contributed by atoms with Crippen molar-refractivity contribution in [2.24, 2.45) is 0 Å². The number of likely N-dealkylation sites (tertiary alicyclic amines) is 1. The molecule has 0 aromatic rings. The van der Waals surface area contributed by atoms with Crippen molar-refractivity contribution in [3.05, 3.63) is 0 Å². The number of hydrogen-bond acceptors (Lipinski definition) is 3. The van der Waals surface area contributed by atoms with Crippen LogP contribution in [0.25, 0.3) is 0 Å². The molecule has 64 valence electrons. The van der Waals surface area contributed by atoms with Crippen LogP contribution in [0.15, 0.2) is 0 Å². The molecule has 3 nitrogen and oxygen atoms in total. The van der Waals surface area contributed by atoms with E-state index in [1.165, 1.54) is 0 Å². The lowest BCUT2D eigenvalue weighted by molar-refractivity contribution is -0.146. The van der Waals surface area contributed by atoms with Crippen LogP contribution in [0.3, 0.4) is 0 Å². The van der Waals surface area contributed by atoms with Crippen molar-refractivity contribution in [3.8, 4) is 0 Å². The van der Waals surface area contributed by atoms with E-state index < -0.39 is 0 Å². The lowest BCUT2D eigenvalue weighted by atomic mass is 9.99. The monoisotopic (exact) mass is 157 g/mol. The summed E-state index contributed by atoms with van der Waals surface area (Å²) in [5.74, 6) is 0. The molecule has 3 heteroatoms. The van der Waals surface area contributed by atoms with Gasteiger partial charge in [0.05, 0.1) is 0 Å². The normalized spacial score (nSPS) is 21.0. The van der Waals surface area contributed by atoms with E-state index in [1.54, 1.807) is 0 Å². The fourth-order valence-electron chi connectivity index (χ4n) is 1.15. The molecule has 0 aliphatic carbocycles. The Hall–Kier alpha value is -0.570. The van der Waals surface area contributed by atoms with Gasteiger partial charge in [0.1, 0.15) is 6.10 Å². The molecule has 1 rings (SSSR count). The number of nitrogens with zero attached hydrogens (tertiary/aromatic N) is 1. The van der Waals surface area contributed by atoms with Crippen LogP contribution in [0.4, 0.5) is 0 Å². The molecular weight excluding hydrogens is 142 g/mol. The summed E-state index contributed by atoms with van der Waals surface area (Å²) in [6.45, 7) is 8.76. The molecule has 0 unspecified atom stereocenters. The molecule has 0 aromatic carbocycles. The third-order valence-corrected chi connectivity index (χ3v) is 2.04. The Kier molecular flexibility index (Phi) is 2.18. The van der Waals surface area contributed by atoms with Crippen molar-refractivity contribution in [2.75, 3.05) is 13.1 Å². The highest BCUT2D eigenvalue weighted by molar-refractivity contribution is 5.37. The molecule has 11 heavy (non-hydrogen) atoms. The summed E-state index contributed by atoms with van der Waals surface area (Å²) in [4.78, 5) is 12.2. The van der Waals surface area contributed by atoms with E-state index >= 15 is 0 Å². The van der Waals surface area contributed by atoms with E-state index in [0.717, 1.165) is 13.1 Å². The smallest absolute Gasteiger partial charge is 0.293 e.